The van der Waals surface area contributed by atoms with Crippen molar-refractivity contribution < 1.29 is 27.9 Å². The third kappa shape index (κ3) is 4.44. The first-order valence-electron chi connectivity index (χ1n) is 3.73. The zero-order chi connectivity index (χ0) is 12.9. The molecule has 1 rings (SSSR count). The first kappa shape index (κ1) is 13.9. The predicted molar refractivity (Wildman–Crippen MR) is 45.4 cm³/mol. The number of primary amides is 1. The molecule has 0 spiro atoms. The second kappa shape index (κ2) is 5.14. The number of imidazole rings is 1. The molecule has 0 saturated heterocycles. The van der Waals surface area contributed by atoms with E-state index in [1.54, 1.807) is 17.8 Å². The van der Waals surface area contributed by atoms with Crippen LogP contribution in [0.15, 0.2) is 12.4 Å². The van der Waals surface area contributed by atoms with Gasteiger partial charge < -0.3 is 15.4 Å². The summed E-state index contributed by atoms with van der Waals surface area (Å²) < 4.78 is 33.3. The van der Waals surface area contributed by atoms with Crippen molar-refractivity contribution in [2.75, 3.05) is 0 Å². The fourth-order valence-corrected chi connectivity index (χ4v) is 0.603. The minimum absolute atomic E-state index is 0.287. The molecule has 9 heteroatoms. The maximum atomic E-state index is 10.6. The van der Waals surface area contributed by atoms with Gasteiger partial charge in [-0.05, 0) is 0 Å². The molecule has 0 aliphatic heterocycles. The summed E-state index contributed by atoms with van der Waals surface area (Å²) in [7, 11) is 1.72. The maximum Gasteiger partial charge on any atom is 0.490 e. The number of aliphatic carboxylic acids is 1. The molecule has 0 saturated carbocycles. The quantitative estimate of drug-likeness (QED) is 0.728. The number of rotatable bonds is 1. The summed E-state index contributed by atoms with van der Waals surface area (Å²) in [6.07, 6.45) is -1.89. The number of halogens is 3. The third-order valence-corrected chi connectivity index (χ3v) is 1.28. The van der Waals surface area contributed by atoms with Crippen molar-refractivity contribution in [3.05, 3.63) is 18.2 Å². The average molecular weight is 239 g/mol. The number of nitrogens with zero attached hydrogens (tertiary/aromatic N) is 2. The molecule has 3 N–H and O–H groups in total. The molecule has 1 amide bonds. The van der Waals surface area contributed by atoms with E-state index in [4.69, 9.17) is 15.6 Å². The Bertz CT molecular complexity index is 386. The Kier molecular flexibility index (Phi) is 4.48. The highest BCUT2D eigenvalue weighted by molar-refractivity contribution is 5.89. The highest BCUT2D eigenvalue weighted by atomic mass is 19.4. The van der Waals surface area contributed by atoms with Crippen molar-refractivity contribution in [2.45, 2.75) is 6.18 Å². The molecule has 0 atom stereocenters. The number of carbonyl (C=O) groups excluding carboxylic acids is 1. The molecule has 90 valence electrons. The van der Waals surface area contributed by atoms with Crippen LogP contribution < -0.4 is 5.73 Å². The summed E-state index contributed by atoms with van der Waals surface area (Å²) in [6.45, 7) is 0. The van der Waals surface area contributed by atoms with Crippen LogP contribution in [0.4, 0.5) is 13.2 Å². The largest absolute Gasteiger partial charge is 0.490 e. The van der Waals surface area contributed by atoms with Crippen LogP contribution in [0.2, 0.25) is 0 Å². The lowest BCUT2D eigenvalue weighted by Gasteiger charge is -1.93. The van der Waals surface area contributed by atoms with Gasteiger partial charge in [-0.25, -0.2) is 9.78 Å². The number of hydrogen-bond acceptors (Lipinski definition) is 3. The van der Waals surface area contributed by atoms with Crippen molar-refractivity contribution >= 4 is 11.9 Å². The smallest absolute Gasteiger partial charge is 0.475 e. The second-order valence-corrected chi connectivity index (χ2v) is 2.53. The van der Waals surface area contributed by atoms with Crippen LogP contribution in [0, 0.1) is 0 Å². The molecule has 0 aliphatic rings. The highest BCUT2D eigenvalue weighted by Crippen LogP contribution is 2.13. The zero-order valence-electron chi connectivity index (χ0n) is 8.02. The second-order valence-electron chi connectivity index (χ2n) is 2.53. The Morgan fingerprint density at radius 2 is 1.94 bits per heavy atom. The Morgan fingerprint density at radius 3 is 2.06 bits per heavy atom. The summed E-state index contributed by atoms with van der Waals surface area (Å²) in [5.41, 5.74) is 4.94. The van der Waals surface area contributed by atoms with Crippen LogP contribution in [0.5, 0.6) is 0 Å². The van der Waals surface area contributed by atoms with E-state index in [1.165, 1.54) is 6.20 Å². The molecule has 1 heterocycles. The van der Waals surface area contributed by atoms with E-state index in [2.05, 4.69) is 4.98 Å². The summed E-state index contributed by atoms with van der Waals surface area (Å²) in [5.74, 6) is -2.97. The summed E-state index contributed by atoms with van der Waals surface area (Å²) >= 11 is 0. The Morgan fingerprint density at radius 1 is 1.50 bits per heavy atom. The zero-order valence-corrected chi connectivity index (χ0v) is 8.02. The Balaban J connectivity index is 0.000000293. The molecule has 1 aromatic rings. The lowest BCUT2D eigenvalue weighted by molar-refractivity contribution is -0.192. The van der Waals surface area contributed by atoms with Crippen LogP contribution >= 0.6 is 0 Å². The summed E-state index contributed by atoms with van der Waals surface area (Å²) in [6, 6.07) is 0. The van der Waals surface area contributed by atoms with Gasteiger partial charge in [0.1, 0.15) is 0 Å². The topological polar surface area (TPSA) is 98.2 Å². The standard InChI is InChI=1S/C5H7N3O.C2HF3O2/c1-8-3-2-7-5(8)4(6)9;3-2(4,5)1(6)7/h2-3H,1H3,(H2,6,9);(H,6,7). The van der Waals surface area contributed by atoms with Gasteiger partial charge in [-0.15, -0.1) is 0 Å². The van der Waals surface area contributed by atoms with Crippen LogP contribution in [-0.4, -0.2) is 32.7 Å². The number of aryl methyl sites for hydroxylation is 1. The molecule has 0 radical (unpaired) electrons. The SMILES string of the molecule is Cn1ccnc1C(N)=O.O=C(O)C(F)(F)F. The van der Waals surface area contributed by atoms with Gasteiger partial charge >= 0.3 is 12.1 Å². The van der Waals surface area contributed by atoms with E-state index in [9.17, 15) is 18.0 Å². The van der Waals surface area contributed by atoms with Gasteiger partial charge in [0.25, 0.3) is 5.91 Å². The minimum atomic E-state index is -5.08. The van der Waals surface area contributed by atoms with Crippen LogP contribution in [0.3, 0.4) is 0 Å². The minimum Gasteiger partial charge on any atom is -0.475 e. The molecule has 0 unspecified atom stereocenters. The van der Waals surface area contributed by atoms with Gasteiger partial charge in [0.2, 0.25) is 0 Å². The van der Waals surface area contributed by atoms with Crippen LogP contribution in [0.25, 0.3) is 0 Å². The van der Waals surface area contributed by atoms with E-state index in [0.29, 0.717) is 0 Å². The molecule has 0 aromatic carbocycles. The number of amides is 1. The monoisotopic (exact) mass is 239 g/mol. The number of alkyl halides is 3. The number of hydrogen-bond donors (Lipinski definition) is 2. The van der Waals surface area contributed by atoms with Crippen LogP contribution in [-0.2, 0) is 11.8 Å². The van der Waals surface area contributed by atoms with Gasteiger partial charge in [0, 0.05) is 19.4 Å². The first-order chi connectivity index (χ1) is 7.16. The van der Waals surface area contributed by atoms with E-state index in [-0.39, 0.29) is 5.82 Å². The molecule has 0 fully saturated rings. The van der Waals surface area contributed by atoms with Crippen molar-refractivity contribution in [3.63, 3.8) is 0 Å². The van der Waals surface area contributed by atoms with E-state index >= 15 is 0 Å². The first-order valence-corrected chi connectivity index (χ1v) is 3.73. The molecule has 1 aromatic heterocycles. The fraction of sp³-hybridized carbons (Fsp3) is 0.286. The number of nitrogens with two attached hydrogens (primary N) is 1. The van der Waals surface area contributed by atoms with Gasteiger partial charge in [-0.3, -0.25) is 4.79 Å². The highest BCUT2D eigenvalue weighted by Gasteiger charge is 2.38. The van der Waals surface area contributed by atoms with Gasteiger partial charge in [0.15, 0.2) is 5.82 Å². The van der Waals surface area contributed by atoms with E-state index < -0.39 is 18.1 Å². The van der Waals surface area contributed by atoms with Crippen LogP contribution in [0.1, 0.15) is 10.6 Å². The fourth-order valence-electron chi connectivity index (χ4n) is 0.603. The molecular weight excluding hydrogens is 231 g/mol. The molecular formula is C7H8F3N3O3. The Labute approximate surface area is 87.5 Å². The van der Waals surface area contributed by atoms with Crippen molar-refractivity contribution in [3.8, 4) is 0 Å². The van der Waals surface area contributed by atoms with Gasteiger partial charge in [0.05, 0.1) is 0 Å². The number of carboxylic acid groups (broad SMARTS) is 1. The third-order valence-electron chi connectivity index (χ3n) is 1.28. The maximum absolute atomic E-state index is 10.6. The Hall–Kier alpha value is -2.06. The van der Waals surface area contributed by atoms with Gasteiger partial charge in [-0.2, -0.15) is 13.2 Å². The number of aromatic nitrogens is 2. The average Bonchev–Trinajstić information content (AvgIpc) is 2.50. The van der Waals surface area contributed by atoms with Crippen molar-refractivity contribution in [1.82, 2.24) is 9.55 Å². The number of carboxylic acids is 1. The summed E-state index contributed by atoms with van der Waals surface area (Å²) in [4.78, 5) is 23.0. The van der Waals surface area contributed by atoms with E-state index in [0.717, 1.165) is 0 Å². The predicted octanol–water partition coefficient (Wildman–Crippen LogP) is 0.152. The van der Waals surface area contributed by atoms with E-state index in [1.807, 2.05) is 0 Å². The number of carbonyl (C=O) groups is 2. The lowest BCUT2D eigenvalue weighted by atomic mass is 10.6. The van der Waals surface area contributed by atoms with Crippen molar-refractivity contribution in [1.29, 1.82) is 0 Å². The lowest BCUT2D eigenvalue weighted by Crippen LogP contribution is -2.21. The summed E-state index contributed by atoms with van der Waals surface area (Å²) in [5, 5.41) is 7.12. The van der Waals surface area contributed by atoms with Crippen molar-refractivity contribution in [2.24, 2.45) is 12.8 Å². The molecule has 16 heavy (non-hydrogen) atoms. The normalized spacial score (nSPS) is 10.2. The molecule has 0 bridgehead atoms. The van der Waals surface area contributed by atoms with Gasteiger partial charge in [-0.1, -0.05) is 0 Å². The molecule has 0 aliphatic carbocycles. The molecule has 6 nitrogen and oxygen atoms in total.